The van der Waals surface area contributed by atoms with Gasteiger partial charge in [0.2, 0.25) is 0 Å². The molecule has 2 rings (SSSR count). The van der Waals surface area contributed by atoms with E-state index in [1.807, 2.05) is 59.7 Å². The monoisotopic (exact) mass is 416 g/mol. The summed E-state index contributed by atoms with van der Waals surface area (Å²) in [6.07, 6.45) is 0. The quantitative estimate of drug-likeness (QED) is 0.687. The number of nitrogens with two attached hydrogens (primary N) is 1. The molecule has 0 bridgehead atoms. The molecule has 1 heterocycles. The fourth-order valence-corrected chi connectivity index (χ4v) is 3.31. The van der Waals surface area contributed by atoms with Crippen molar-refractivity contribution < 1.29 is 9.53 Å². The Balaban J connectivity index is 2.44. The second kappa shape index (κ2) is 9.65. The van der Waals surface area contributed by atoms with Gasteiger partial charge in [0, 0.05) is 13.1 Å². The summed E-state index contributed by atoms with van der Waals surface area (Å²) < 4.78 is 7.10. The number of aromatic nitrogens is 2. The van der Waals surface area contributed by atoms with Crippen LogP contribution in [0.25, 0.3) is 0 Å². The molecule has 0 unspecified atom stereocenters. The van der Waals surface area contributed by atoms with Gasteiger partial charge in [-0.05, 0) is 36.8 Å². The van der Waals surface area contributed by atoms with E-state index in [0.717, 1.165) is 11.1 Å². The van der Waals surface area contributed by atoms with Crippen LogP contribution >= 0.6 is 0 Å². The number of aryl methyl sites for hydroxylation is 2. The van der Waals surface area contributed by atoms with Crippen molar-refractivity contribution in [3.05, 3.63) is 50.2 Å². The van der Waals surface area contributed by atoms with Crippen molar-refractivity contribution >= 4 is 17.4 Å². The molecule has 164 valence electrons. The molecule has 3 N–H and O–H groups in total. The van der Waals surface area contributed by atoms with Gasteiger partial charge in [-0.25, -0.2) is 4.79 Å². The summed E-state index contributed by atoms with van der Waals surface area (Å²) in [5.74, 6) is 0.419. The summed E-state index contributed by atoms with van der Waals surface area (Å²) in [6, 6.07) is 5.73. The van der Waals surface area contributed by atoms with Gasteiger partial charge in [0.05, 0.1) is 0 Å². The first-order valence-corrected chi connectivity index (χ1v) is 10.1. The molecule has 0 saturated heterocycles. The Morgan fingerprint density at radius 1 is 1.13 bits per heavy atom. The van der Waals surface area contributed by atoms with Gasteiger partial charge < -0.3 is 15.4 Å². The van der Waals surface area contributed by atoms with Crippen molar-refractivity contribution in [2.75, 3.05) is 23.8 Å². The van der Waals surface area contributed by atoms with Gasteiger partial charge in [-0.15, -0.1) is 0 Å². The van der Waals surface area contributed by atoms with E-state index in [0.29, 0.717) is 12.3 Å². The standard InChI is InChI=1S/C22H32N4O4/c1-13(2)10-25(17(27)12-30-19-15(5)8-7-9-16(19)6)18-20(23)26(11-14(3)4)22(29)24-21(18)28/h7-9,13-14H,10-12,23H2,1-6H3,(H,24,28,29). The summed E-state index contributed by atoms with van der Waals surface area (Å²) in [6.45, 7) is 11.9. The van der Waals surface area contributed by atoms with E-state index in [2.05, 4.69) is 4.98 Å². The maximum atomic E-state index is 13.1. The van der Waals surface area contributed by atoms with Crippen LogP contribution in [-0.2, 0) is 11.3 Å². The van der Waals surface area contributed by atoms with Gasteiger partial charge in [-0.1, -0.05) is 45.9 Å². The summed E-state index contributed by atoms with van der Waals surface area (Å²) in [7, 11) is 0. The summed E-state index contributed by atoms with van der Waals surface area (Å²) >= 11 is 0. The first-order valence-electron chi connectivity index (χ1n) is 10.1. The number of nitrogens with zero attached hydrogens (tertiary/aromatic N) is 2. The van der Waals surface area contributed by atoms with Gasteiger partial charge >= 0.3 is 5.69 Å². The number of rotatable bonds is 8. The molecule has 1 aromatic heterocycles. The van der Waals surface area contributed by atoms with E-state index in [1.165, 1.54) is 9.47 Å². The Morgan fingerprint density at radius 3 is 2.27 bits per heavy atom. The van der Waals surface area contributed by atoms with Crippen LogP contribution in [0.4, 0.5) is 11.5 Å². The third-order valence-electron chi connectivity index (χ3n) is 4.63. The summed E-state index contributed by atoms with van der Waals surface area (Å²) in [5, 5.41) is 0. The lowest BCUT2D eigenvalue weighted by Crippen LogP contribution is -2.44. The van der Waals surface area contributed by atoms with Crippen LogP contribution in [0.2, 0.25) is 0 Å². The van der Waals surface area contributed by atoms with Gasteiger partial charge in [0.1, 0.15) is 11.6 Å². The maximum Gasteiger partial charge on any atom is 0.330 e. The zero-order chi connectivity index (χ0) is 22.6. The number of aromatic amines is 1. The fourth-order valence-electron chi connectivity index (χ4n) is 3.31. The molecule has 30 heavy (non-hydrogen) atoms. The molecule has 1 amide bonds. The Hall–Kier alpha value is -3.03. The van der Waals surface area contributed by atoms with E-state index < -0.39 is 17.2 Å². The van der Waals surface area contributed by atoms with Crippen LogP contribution in [-0.4, -0.2) is 28.6 Å². The van der Waals surface area contributed by atoms with Crippen LogP contribution in [0.5, 0.6) is 5.75 Å². The number of benzene rings is 1. The SMILES string of the molecule is Cc1cccc(C)c1OCC(=O)N(CC(C)C)c1c(N)n(CC(C)C)c(=O)[nH]c1=O. The van der Waals surface area contributed by atoms with E-state index in [4.69, 9.17) is 10.5 Å². The second-order valence-electron chi connectivity index (χ2n) is 8.41. The number of nitrogen functional groups attached to an aromatic ring is 1. The number of carbonyl (C=O) groups is 1. The molecule has 8 heteroatoms. The van der Waals surface area contributed by atoms with Crippen molar-refractivity contribution in [2.24, 2.45) is 11.8 Å². The molecule has 8 nitrogen and oxygen atoms in total. The highest BCUT2D eigenvalue weighted by atomic mass is 16.5. The van der Waals surface area contributed by atoms with Crippen molar-refractivity contribution in [3.63, 3.8) is 0 Å². The molecule has 0 aliphatic carbocycles. The van der Waals surface area contributed by atoms with Crippen molar-refractivity contribution in [1.82, 2.24) is 9.55 Å². The van der Waals surface area contributed by atoms with E-state index in [-0.39, 0.29) is 36.5 Å². The fraction of sp³-hybridized carbons (Fsp3) is 0.500. The molecule has 0 radical (unpaired) electrons. The molecule has 0 atom stereocenters. The first-order chi connectivity index (χ1) is 14.0. The normalized spacial score (nSPS) is 11.2. The Bertz CT molecular complexity index is 1000. The third-order valence-corrected chi connectivity index (χ3v) is 4.63. The third kappa shape index (κ3) is 5.31. The number of ether oxygens (including phenoxy) is 1. The minimum Gasteiger partial charge on any atom is -0.483 e. The Labute approximate surface area is 176 Å². The first kappa shape index (κ1) is 23.3. The largest absolute Gasteiger partial charge is 0.483 e. The molecular weight excluding hydrogens is 384 g/mol. The van der Waals surface area contributed by atoms with Crippen molar-refractivity contribution in [2.45, 2.75) is 48.1 Å². The minimum atomic E-state index is -0.682. The molecule has 0 fully saturated rings. The lowest BCUT2D eigenvalue weighted by Gasteiger charge is -2.26. The number of nitrogens with one attached hydrogen (secondary N) is 1. The predicted molar refractivity (Wildman–Crippen MR) is 119 cm³/mol. The van der Waals surface area contributed by atoms with Crippen LogP contribution < -0.4 is 26.6 Å². The number of carbonyl (C=O) groups excluding carboxylic acids is 1. The highest BCUT2D eigenvalue weighted by Gasteiger charge is 2.26. The zero-order valence-electron chi connectivity index (χ0n) is 18.6. The molecule has 1 aromatic carbocycles. The highest BCUT2D eigenvalue weighted by Crippen LogP contribution is 2.23. The average Bonchev–Trinajstić information content (AvgIpc) is 2.63. The Morgan fingerprint density at radius 2 is 1.73 bits per heavy atom. The highest BCUT2D eigenvalue weighted by molar-refractivity contribution is 5.96. The smallest absolute Gasteiger partial charge is 0.330 e. The molecule has 0 saturated carbocycles. The predicted octanol–water partition coefficient (Wildman–Crippen LogP) is 2.46. The van der Waals surface area contributed by atoms with Crippen molar-refractivity contribution in [1.29, 1.82) is 0 Å². The number of amides is 1. The number of hydrogen-bond donors (Lipinski definition) is 2. The Kier molecular flexibility index (Phi) is 7.48. The molecule has 0 aliphatic heterocycles. The summed E-state index contributed by atoms with van der Waals surface area (Å²) in [4.78, 5) is 41.6. The van der Waals surface area contributed by atoms with Gasteiger partial charge in [-0.2, -0.15) is 0 Å². The number of anilines is 2. The molecule has 0 spiro atoms. The van der Waals surface area contributed by atoms with Crippen molar-refractivity contribution in [3.8, 4) is 5.75 Å². The minimum absolute atomic E-state index is 0.0148. The number of hydrogen-bond acceptors (Lipinski definition) is 5. The van der Waals surface area contributed by atoms with Crippen LogP contribution in [0.1, 0.15) is 38.8 Å². The van der Waals surface area contributed by atoms with Gasteiger partial charge in [0.25, 0.3) is 11.5 Å². The number of H-pyrrole nitrogens is 1. The average molecular weight is 417 g/mol. The molecule has 0 aliphatic rings. The van der Waals surface area contributed by atoms with E-state index in [9.17, 15) is 14.4 Å². The van der Waals surface area contributed by atoms with Gasteiger partial charge in [0.15, 0.2) is 12.3 Å². The van der Waals surface area contributed by atoms with Crippen LogP contribution in [0.3, 0.4) is 0 Å². The van der Waals surface area contributed by atoms with Crippen LogP contribution in [0, 0.1) is 25.7 Å². The molecule has 2 aromatic rings. The number of para-hydroxylation sites is 1. The second-order valence-corrected chi connectivity index (χ2v) is 8.41. The lowest BCUT2D eigenvalue weighted by molar-refractivity contribution is -0.120. The van der Waals surface area contributed by atoms with Gasteiger partial charge in [-0.3, -0.25) is 19.1 Å². The molecular formula is C22H32N4O4. The maximum absolute atomic E-state index is 13.1. The topological polar surface area (TPSA) is 110 Å². The van der Waals surface area contributed by atoms with Crippen LogP contribution in [0.15, 0.2) is 27.8 Å². The summed E-state index contributed by atoms with van der Waals surface area (Å²) in [5.41, 5.74) is 6.77. The zero-order valence-corrected chi connectivity index (χ0v) is 18.6. The lowest BCUT2D eigenvalue weighted by atomic mass is 10.1. The van der Waals surface area contributed by atoms with E-state index >= 15 is 0 Å². The van der Waals surface area contributed by atoms with E-state index in [1.54, 1.807) is 0 Å².